The molecule has 23 heavy (non-hydrogen) atoms. The van der Waals surface area contributed by atoms with E-state index in [9.17, 15) is 5.11 Å². The molecule has 1 aromatic heterocycles. The zero-order chi connectivity index (χ0) is 16.5. The lowest BCUT2D eigenvalue weighted by Gasteiger charge is -2.24. The second kappa shape index (κ2) is 9.16. The molecule has 0 aliphatic heterocycles. The van der Waals surface area contributed by atoms with Crippen LogP contribution in [-0.4, -0.2) is 35.9 Å². The lowest BCUT2D eigenvalue weighted by atomic mass is 10.1. The SMILES string of the molecule is C#CCOC[C@@H](O)CN(Cc1cccc(C)c1)Cc1ccco1. The van der Waals surface area contributed by atoms with Crippen molar-refractivity contribution in [3.63, 3.8) is 0 Å². The first-order valence-electron chi connectivity index (χ1n) is 7.67. The minimum Gasteiger partial charge on any atom is -0.468 e. The van der Waals surface area contributed by atoms with Gasteiger partial charge in [-0.1, -0.05) is 35.7 Å². The number of rotatable bonds is 9. The van der Waals surface area contributed by atoms with Crippen molar-refractivity contribution in [2.45, 2.75) is 26.1 Å². The molecule has 4 nitrogen and oxygen atoms in total. The van der Waals surface area contributed by atoms with Gasteiger partial charge in [-0.2, -0.15) is 0 Å². The summed E-state index contributed by atoms with van der Waals surface area (Å²) in [5.41, 5.74) is 2.42. The van der Waals surface area contributed by atoms with Crippen molar-refractivity contribution in [2.75, 3.05) is 19.8 Å². The molecule has 0 aliphatic rings. The molecule has 2 aromatic rings. The predicted molar refractivity (Wildman–Crippen MR) is 89.7 cm³/mol. The third kappa shape index (κ3) is 6.29. The zero-order valence-corrected chi connectivity index (χ0v) is 13.4. The number of aliphatic hydroxyl groups is 1. The first-order chi connectivity index (χ1) is 11.2. The van der Waals surface area contributed by atoms with E-state index in [0.717, 1.165) is 12.3 Å². The van der Waals surface area contributed by atoms with Gasteiger partial charge in [-0.15, -0.1) is 6.42 Å². The van der Waals surface area contributed by atoms with Crippen LogP contribution < -0.4 is 0 Å². The highest BCUT2D eigenvalue weighted by Crippen LogP contribution is 2.12. The summed E-state index contributed by atoms with van der Waals surface area (Å²) in [4.78, 5) is 2.14. The summed E-state index contributed by atoms with van der Waals surface area (Å²) in [6.07, 6.45) is 6.21. The minimum absolute atomic E-state index is 0.215. The summed E-state index contributed by atoms with van der Waals surface area (Å²) in [6.45, 7) is 4.36. The molecular formula is C19H23NO3. The molecule has 122 valence electrons. The van der Waals surface area contributed by atoms with Gasteiger partial charge in [0.05, 0.1) is 25.5 Å². The van der Waals surface area contributed by atoms with Gasteiger partial charge in [0.15, 0.2) is 0 Å². The number of ether oxygens (including phenoxy) is 1. The average molecular weight is 313 g/mol. The van der Waals surface area contributed by atoms with Crippen molar-refractivity contribution < 1.29 is 14.3 Å². The highest BCUT2D eigenvalue weighted by Gasteiger charge is 2.14. The fourth-order valence-electron chi connectivity index (χ4n) is 2.48. The van der Waals surface area contributed by atoms with Crippen LogP contribution in [0.2, 0.25) is 0 Å². The van der Waals surface area contributed by atoms with Crippen LogP contribution in [0.1, 0.15) is 16.9 Å². The Hall–Kier alpha value is -2.06. The molecule has 0 radical (unpaired) electrons. The number of nitrogens with zero attached hydrogens (tertiary/aromatic N) is 1. The van der Waals surface area contributed by atoms with Gasteiger partial charge < -0.3 is 14.3 Å². The molecular weight excluding hydrogens is 290 g/mol. The van der Waals surface area contributed by atoms with Crippen LogP contribution in [0.15, 0.2) is 47.1 Å². The van der Waals surface area contributed by atoms with Gasteiger partial charge in [0.1, 0.15) is 12.4 Å². The normalized spacial score (nSPS) is 12.3. The van der Waals surface area contributed by atoms with Gasteiger partial charge in [-0.3, -0.25) is 4.90 Å². The number of hydrogen-bond acceptors (Lipinski definition) is 4. The molecule has 1 aromatic carbocycles. The zero-order valence-electron chi connectivity index (χ0n) is 13.4. The van der Waals surface area contributed by atoms with Crippen molar-refractivity contribution in [1.82, 2.24) is 4.90 Å². The molecule has 1 heterocycles. The number of benzene rings is 1. The van der Waals surface area contributed by atoms with Crippen LogP contribution in [0, 0.1) is 19.3 Å². The molecule has 0 fully saturated rings. The maximum atomic E-state index is 10.1. The highest BCUT2D eigenvalue weighted by atomic mass is 16.5. The molecule has 1 N–H and O–H groups in total. The fraction of sp³-hybridized carbons (Fsp3) is 0.368. The van der Waals surface area contributed by atoms with Gasteiger partial charge in [0, 0.05) is 13.1 Å². The Bertz CT molecular complexity index is 616. The van der Waals surface area contributed by atoms with Gasteiger partial charge in [0.25, 0.3) is 0 Å². The average Bonchev–Trinajstić information content (AvgIpc) is 3.00. The van der Waals surface area contributed by atoms with E-state index in [1.807, 2.05) is 18.2 Å². The molecule has 0 saturated carbocycles. The molecule has 2 rings (SSSR count). The van der Waals surface area contributed by atoms with Gasteiger partial charge in [0.2, 0.25) is 0 Å². The lowest BCUT2D eigenvalue weighted by Crippen LogP contribution is -2.34. The van der Waals surface area contributed by atoms with Crippen molar-refractivity contribution >= 4 is 0 Å². The van der Waals surface area contributed by atoms with Crippen molar-refractivity contribution in [2.24, 2.45) is 0 Å². The number of aryl methyl sites for hydroxylation is 1. The topological polar surface area (TPSA) is 45.8 Å². The Morgan fingerprint density at radius 3 is 2.87 bits per heavy atom. The van der Waals surface area contributed by atoms with Crippen molar-refractivity contribution in [3.05, 3.63) is 59.5 Å². The Labute approximate surface area is 137 Å². The summed E-state index contributed by atoms with van der Waals surface area (Å²) >= 11 is 0. The summed E-state index contributed by atoms with van der Waals surface area (Å²) in [5.74, 6) is 3.27. The first-order valence-corrected chi connectivity index (χ1v) is 7.67. The maximum Gasteiger partial charge on any atom is 0.117 e. The Balaban J connectivity index is 1.98. The quantitative estimate of drug-likeness (QED) is 0.571. The molecule has 0 amide bonds. The van der Waals surface area contributed by atoms with E-state index in [2.05, 4.69) is 35.9 Å². The molecule has 0 aliphatic carbocycles. The van der Waals surface area contributed by atoms with E-state index in [1.165, 1.54) is 11.1 Å². The van der Waals surface area contributed by atoms with E-state index in [-0.39, 0.29) is 13.2 Å². The fourth-order valence-corrected chi connectivity index (χ4v) is 2.48. The van der Waals surface area contributed by atoms with E-state index in [1.54, 1.807) is 6.26 Å². The lowest BCUT2D eigenvalue weighted by molar-refractivity contribution is 0.0230. The third-order valence-corrected chi connectivity index (χ3v) is 3.41. The van der Waals surface area contributed by atoms with E-state index < -0.39 is 6.10 Å². The van der Waals surface area contributed by atoms with Gasteiger partial charge in [-0.25, -0.2) is 0 Å². The second-order valence-corrected chi connectivity index (χ2v) is 5.61. The smallest absolute Gasteiger partial charge is 0.117 e. The highest BCUT2D eigenvalue weighted by molar-refractivity contribution is 5.22. The van der Waals surface area contributed by atoms with Crippen LogP contribution >= 0.6 is 0 Å². The standard InChI is InChI=1S/C19H23NO3/c1-3-9-22-15-18(21)13-20(14-19-8-5-10-23-19)12-17-7-4-6-16(2)11-17/h1,4-8,10-11,18,21H,9,12-15H2,2H3/t18-/m0/s1. The molecule has 0 bridgehead atoms. The molecule has 0 unspecified atom stereocenters. The number of hydrogen-bond donors (Lipinski definition) is 1. The van der Waals surface area contributed by atoms with E-state index in [0.29, 0.717) is 13.1 Å². The Morgan fingerprint density at radius 2 is 2.17 bits per heavy atom. The van der Waals surface area contributed by atoms with Crippen LogP contribution in [0.4, 0.5) is 0 Å². The molecule has 0 spiro atoms. The monoisotopic (exact) mass is 313 g/mol. The van der Waals surface area contributed by atoms with Crippen molar-refractivity contribution in [1.29, 1.82) is 0 Å². The van der Waals surface area contributed by atoms with Gasteiger partial charge in [-0.05, 0) is 24.6 Å². The van der Waals surface area contributed by atoms with Gasteiger partial charge >= 0.3 is 0 Å². The molecule has 4 heteroatoms. The van der Waals surface area contributed by atoms with Crippen molar-refractivity contribution in [3.8, 4) is 12.3 Å². The maximum absolute atomic E-state index is 10.1. The minimum atomic E-state index is -0.594. The van der Waals surface area contributed by atoms with Crippen LogP contribution in [-0.2, 0) is 17.8 Å². The summed E-state index contributed by atoms with van der Waals surface area (Å²) in [6, 6.07) is 12.2. The van der Waals surface area contributed by atoms with E-state index >= 15 is 0 Å². The number of terminal acetylenes is 1. The summed E-state index contributed by atoms with van der Waals surface area (Å²) < 4.78 is 10.6. The van der Waals surface area contributed by atoms with E-state index in [4.69, 9.17) is 15.6 Å². The first kappa shape index (κ1) is 17.3. The van der Waals surface area contributed by atoms with Crippen LogP contribution in [0.3, 0.4) is 0 Å². The molecule has 0 saturated heterocycles. The summed E-state index contributed by atoms with van der Waals surface area (Å²) in [7, 11) is 0. The largest absolute Gasteiger partial charge is 0.468 e. The number of aliphatic hydroxyl groups excluding tert-OH is 1. The Morgan fingerprint density at radius 1 is 1.30 bits per heavy atom. The second-order valence-electron chi connectivity index (χ2n) is 5.61. The van der Waals surface area contributed by atoms with Crippen LogP contribution in [0.25, 0.3) is 0 Å². The number of furan rings is 1. The Kier molecular flexibility index (Phi) is 6.89. The predicted octanol–water partition coefficient (Wildman–Crippen LogP) is 2.60. The summed E-state index contributed by atoms with van der Waals surface area (Å²) in [5, 5.41) is 10.1. The molecule has 1 atom stereocenters. The van der Waals surface area contributed by atoms with Crippen LogP contribution in [0.5, 0.6) is 0 Å². The third-order valence-electron chi connectivity index (χ3n) is 3.41.